The molecular weight excluding hydrogens is 278 g/mol. The van der Waals surface area contributed by atoms with Crippen LogP contribution in [0.3, 0.4) is 0 Å². The molecule has 1 aliphatic rings. The molecule has 5 heteroatoms. The number of ether oxygens (including phenoxy) is 2. The highest BCUT2D eigenvalue weighted by atomic mass is 16.5. The smallest absolute Gasteiger partial charge is 0.137 e. The minimum Gasteiger partial charge on any atom is -0.489 e. The van der Waals surface area contributed by atoms with Crippen LogP contribution in [0.5, 0.6) is 5.75 Å². The zero-order chi connectivity index (χ0) is 15.4. The van der Waals surface area contributed by atoms with Crippen molar-refractivity contribution < 1.29 is 9.47 Å². The first-order valence-corrected chi connectivity index (χ1v) is 7.34. The molecule has 1 aromatic heterocycles. The third-order valence-corrected chi connectivity index (χ3v) is 3.66. The Hall–Kier alpha value is -2.45. The van der Waals surface area contributed by atoms with Gasteiger partial charge in [0.05, 0.1) is 24.5 Å². The number of hydrogen-bond donors (Lipinski definition) is 0. The van der Waals surface area contributed by atoms with Gasteiger partial charge in [0, 0.05) is 24.1 Å². The van der Waals surface area contributed by atoms with Crippen LogP contribution in [0, 0.1) is 18.3 Å². The van der Waals surface area contributed by atoms with Gasteiger partial charge >= 0.3 is 0 Å². The summed E-state index contributed by atoms with van der Waals surface area (Å²) in [4.78, 5) is 8.34. The predicted octanol–water partition coefficient (Wildman–Crippen LogP) is 2.88. The van der Waals surface area contributed by atoms with Crippen molar-refractivity contribution in [2.24, 2.45) is 0 Å². The van der Waals surface area contributed by atoms with Crippen LogP contribution in [0.4, 0.5) is 0 Å². The first-order chi connectivity index (χ1) is 10.8. The van der Waals surface area contributed by atoms with Crippen LogP contribution in [-0.2, 0) is 4.74 Å². The highest BCUT2D eigenvalue weighted by molar-refractivity contribution is 5.64. The lowest BCUT2D eigenvalue weighted by Gasteiger charge is -2.23. The molecule has 1 fully saturated rings. The summed E-state index contributed by atoms with van der Waals surface area (Å²) in [7, 11) is 0. The van der Waals surface area contributed by atoms with E-state index in [1.165, 1.54) is 6.33 Å². The summed E-state index contributed by atoms with van der Waals surface area (Å²) >= 11 is 0. The summed E-state index contributed by atoms with van der Waals surface area (Å²) < 4.78 is 11.3. The van der Waals surface area contributed by atoms with E-state index >= 15 is 0 Å². The van der Waals surface area contributed by atoms with E-state index in [1.54, 1.807) is 0 Å². The summed E-state index contributed by atoms with van der Waals surface area (Å²) in [6.07, 6.45) is 3.37. The second kappa shape index (κ2) is 6.54. The molecular formula is C17H17N3O2. The van der Waals surface area contributed by atoms with Gasteiger partial charge in [0.1, 0.15) is 24.3 Å². The van der Waals surface area contributed by atoms with E-state index in [1.807, 2.05) is 31.2 Å². The first kappa shape index (κ1) is 14.5. The largest absolute Gasteiger partial charge is 0.489 e. The van der Waals surface area contributed by atoms with Crippen LogP contribution < -0.4 is 4.74 Å². The van der Waals surface area contributed by atoms with Gasteiger partial charge in [0.15, 0.2) is 0 Å². The van der Waals surface area contributed by atoms with Gasteiger partial charge in [-0.25, -0.2) is 9.97 Å². The van der Waals surface area contributed by atoms with Crippen LogP contribution in [-0.4, -0.2) is 29.3 Å². The molecule has 2 aromatic rings. The quantitative estimate of drug-likeness (QED) is 0.871. The van der Waals surface area contributed by atoms with Gasteiger partial charge in [-0.2, -0.15) is 5.26 Å². The molecule has 0 aliphatic carbocycles. The Labute approximate surface area is 129 Å². The van der Waals surface area contributed by atoms with Crippen LogP contribution in [0.1, 0.15) is 24.1 Å². The molecule has 0 radical (unpaired) electrons. The van der Waals surface area contributed by atoms with Crippen molar-refractivity contribution in [3.63, 3.8) is 0 Å². The fourth-order valence-corrected chi connectivity index (χ4v) is 2.47. The normalized spacial score (nSPS) is 15.3. The van der Waals surface area contributed by atoms with E-state index in [-0.39, 0.29) is 6.10 Å². The van der Waals surface area contributed by atoms with Gasteiger partial charge < -0.3 is 9.47 Å². The molecule has 0 bridgehead atoms. The maximum atomic E-state index is 9.39. The summed E-state index contributed by atoms with van der Waals surface area (Å²) in [6.45, 7) is 3.34. The fraction of sp³-hybridized carbons (Fsp3) is 0.353. The Morgan fingerprint density at radius 2 is 2.05 bits per heavy atom. The molecule has 1 saturated heterocycles. The highest BCUT2D eigenvalue weighted by Gasteiger charge is 2.17. The van der Waals surface area contributed by atoms with E-state index in [0.29, 0.717) is 24.5 Å². The number of nitriles is 1. The van der Waals surface area contributed by atoms with Crippen LogP contribution in [0.25, 0.3) is 11.3 Å². The molecule has 3 rings (SSSR count). The minimum atomic E-state index is 0.119. The van der Waals surface area contributed by atoms with E-state index in [9.17, 15) is 5.26 Å². The number of hydrogen-bond acceptors (Lipinski definition) is 5. The second-order valence-corrected chi connectivity index (χ2v) is 5.30. The Balaban J connectivity index is 1.86. The molecule has 0 amide bonds. The van der Waals surface area contributed by atoms with E-state index in [0.717, 1.165) is 29.8 Å². The predicted molar refractivity (Wildman–Crippen MR) is 81.4 cm³/mol. The van der Waals surface area contributed by atoms with Crippen LogP contribution >= 0.6 is 0 Å². The summed E-state index contributed by atoms with van der Waals surface area (Å²) in [5, 5.41) is 9.39. The molecule has 5 nitrogen and oxygen atoms in total. The Bertz CT molecular complexity index is 703. The maximum absolute atomic E-state index is 9.39. The van der Waals surface area contributed by atoms with Gasteiger partial charge in [-0.15, -0.1) is 0 Å². The third kappa shape index (κ3) is 3.23. The third-order valence-electron chi connectivity index (χ3n) is 3.66. The highest BCUT2D eigenvalue weighted by Crippen LogP contribution is 2.27. The zero-order valence-corrected chi connectivity index (χ0v) is 12.5. The van der Waals surface area contributed by atoms with Crippen molar-refractivity contribution in [1.29, 1.82) is 5.26 Å². The van der Waals surface area contributed by atoms with Crippen LogP contribution in [0.2, 0.25) is 0 Å². The molecule has 1 aromatic carbocycles. The van der Waals surface area contributed by atoms with Crippen molar-refractivity contribution in [1.82, 2.24) is 9.97 Å². The molecule has 0 spiro atoms. The molecule has 0 saturated carbocycles. The summed E-state index contributed by atoms with van der Waals surface area (Å²) in [6, 6.07) is 9.70. The standard InChI is InChI=1S/C17H17N3O2/c1-12-8-16(20-11-19-12)13-2-3-17(14(9-13)10-18)22-15-4-6-21-7-5-15/h2-3,8-9,11,15H,4-7H2,1H3. The summed E-state index contributed by atoms with van der Waals surface area (Å²) in [5.74, 6) is 0.629. The topological polar surface area (TPSA) is 68.0 Å². The molecule has 22 heavy (non-hydrogen) atoms. The van der Waals surface area contributed by atoms with E-state index in [4.69, 9.17) is 9.47 Å². The molecule has 1 aliphatic heterocycles. The molecule has 2 heterocycles. The van der Waals surface area contributed by atoms with Gasteiger partial charge in [-0.3, -0.25) is 0 Å². The summed E-state index contributed by atoms with van der Waals surface area (Å²) in [5.41, 5.74) is 3.12. The maximum Gasteiger partial charge on any atom is 0.137 e. The molecule has 0 N–H and O–H groups in total. The lowest BCUT2D eigenvalue weighted by atomic mass is 10.1. The fourth-order valence-electron chi connectivity index (χ4n) is 2.47. The van der Waals surface area contributed by atoms with Crippen LogP contribution in [0.15, 0.2) is 30.6 Å². The van der Waals surface area contributed by atoms with Gasteiger partial charge in [0.2, 0.25) is 0 Å². The lowest BCUT2D eigenvalue weighted by molar-refractivity contribution is 0.0254. The Morgan fingerprint density at radius 3 is 2.77 bits per heavy atom. The van der Waals surface area contributed by atoms with E-state index < -0.39 is 0 Å². The Kier molecular flexibility index (Phi) is 4.31. The van der Waals surface area contributed by atoms with Gasteiger partial charge in [0.25, 0.3) is 0 Å². The average Bonchev–Trinajstić information content (AvgIpc) is 2.56. The SMILES string of the molecule is Cc1cc(-c2ccc(OC3CCOCC3)c(C#N)c2)ncn1. The Morgan fingerprint density at radius 1 is 1.23 bits per heavy atom. The van der Waals surface area contributed by atoms with Crippen molar-refractivity contribution in [2.45, 2.75) is 25.9 Å². The number of aryl methyl sites for hydroxylation is 1. The van der Waals surface area contributed by atoms with Crippen molar-refractivity contribution >= 4 is 0 Å². The first-order valence-electron chi connectivity index (χ1n) is 7.34. The lowest BCUT2D eigenvalue weighted by Crippen LogP contribution is -2.26. The van der Waals surface area contributed by atoms with Gasteiger partial charge in [-0.05, 0) is 31.2 Å². The molecule has 0 unspecified atom stereocenters. The van der Waals surface area contributed by atoms with Gasteiger partial charge in [-0.1, -0.05) is 0 Å². The number of rotatable bonds is 3. The zero-order valence-electron chi connectivity index (χ0n) is 12.5. The van der Waals surface area contributed by atoms with E-state index in [2.05, 4.69) is 16.0 Å². The number of nitrogens with zero attached hydrogens (tertiary/aromatic N) is 3. The van der Waals surface area contributed by atoms with Crippen molar-refractivity contribution in [3.05, 3.63) is 41.9 Å². The molecule has 112 valence electrons. The number of benzene rings is 1. The second-order valence-electron chi connectivity index (χ2n) is 5.30. The number of aromatic nitrogens is 2. The molecule has 0 atom stereocenters. The van der Waals surface area contributed by atoms with Crippen molar-refractivity contribution in [2.75, 3.05) is 13.2 Å². The minimum absolute atomic E-state index is 0.119. The average molecular weight is 295 g/mol. The van der Waals surface area contributed by atoms with Crippen molar-refractivity contribution in [3.8, 4) is 23.1 Å². The monoisotopic (exact) mass is 295 g/mol.